The summed E-state index contributed by atoms with van der Waals surface area (Å²) in [5, 5.41) is 12.0. The number of hydrogen-bond acceptors (Lipinski definition) is 5. The Morgan fingerprint density at radius 3 is 2.67 bits per heavy atom. The summed E-state index contributed by atoms with van der Waals surface area (Å²) in [5.41, 5.74) is 1.45. The highest BCUT2D eigenvalue weighted by atomic mass is 15.0. The van der Waals surface area contributed by atoms with Gasteiger partial charge in [-0.15, -0.1) is 0 Å². The van der Waals surface area contributed by atoms with Crippen molar-refractivity contribution in [3.05, 3.63) is 53.9 Å². The van der Waals surface area contributed by atoms with E-state index in [1.807, 2.05) is 19.1 Å². The first kappa shape index (κ1) is 12.1. The first-order valence-corrected chi connectivity index (χ1v) is 5.65. The summed E-state index contributed by atoms with van der Waals surface area (Å²) in [5.74, 6) is 0.756. The molecule has 2 aromatic heterocycles. The molecule has 0 aliphatic carbocycles. The number of aromatic nitrogens is 3. The Kier molecular flexibility index (Phi) is 3.94. The topological polar surface area (TPSA) is 74.5 Å². The smallest absolute Gasteiger partial charge is 0.144 e. The molecule has 0 bridgehead atoms. The average molecular weight is 239 g/mol. The van der Waals surface area contributed by atoms with Crippen LogP contribution in [0.25, 0.3) is 0 Å². The van der Waals surface area contributed by atoms with Crippen LogP contribution in [0, 0.1) is 11.3 Å². The van der Waals surface area contributed by atoms with Gasteiger partial charge in [-0.05, 0) is 25.1 Å². The Hall–Kier alpha value is -2.32. The fourth-order valence-corrected chi connectivity index (χ4v) is 1.48. The minimum Gasteiger partial charge on any atom is -0.302 e. The molecule has 0 aromatic carbocycles. The van der Waals surface area contributed by atoms with E-state index in [2.05, 4.69) is 20.3 Å². The van der Waals surface area contributed by atoms with Crippen molar-refractivity contribution in [3.8, 4) is 6.07 Å². The molecule has 0 saturated carbocycles. The van der Waals surface area contributed by atoms with Crippen molar-refractivity contribution >= 4 is 0 Å². The average Bonchev–Trinajstić information content (AvgIpc) is 2.46. The molecule has 0 spiro atoms. The van der Waals surface area contributed by atoms with E-state index in [0.29, 0.717) is 12.1 Å². The Bertz CT molecular complexity index is 530. The molecule has 0 aliphatic heterocycles. The molecule has 5 nitrogen and oxygen atoms in total. The molecule has 1 atom stereocenters. The maximum Gasteiger partial charge on any atom is 0.144 e. The van der Waals surface area contributed by atoms with Gasteiger partial charge in [0, 0.05) is 25.1 Å². The van der Waals surface area contributed by atoms with Crippen LogP contribution in [-0.2, 0) is 6.54 Å². The Balaban J connectivity index is 1.93. The molecule has 1 N–H and O–H groups in total. The molecule has 0 saturated heterocycles. The summed E-state index contributed by atoms with van der Waals surface area (Å²) in [4.78, 5) is 12.6. The van der Waals surface area contributed by atoms with Gasteiger partial charge in [-0.3, -0.25) is 4.98 Å². The molecule has 0 fully saturated rings. The fraction of sp³-hybridized carbons (Fsp3) is 0.231. The minimum atomic E-state index is 0.0589. The summed E-state index contributed by atoms with van der Waals surface area (Å²) >= 11 is 0. The van der Waals surface area contributed by atoms with E-state index in [9.17, 15) is 0 Å². The number of hydrogen-bond donors (Lipinski definition) is 1. The molecule has 2 aromatic rings. The van der Waals surface area contributed by atoms with E-state index in [0.717, 1.165) is 11.5 Å². The van der Waals surface area contributed by atoms with Gasteiger partial charge in [0.15, 0.2) is 0 Å². The lowest BCUT2D eigenvalue weighted by Gasteiger charge is -2.11. The van der Waals surface area contributed by atoms with Crippen molar-refractivity contribution in [2.45, 2.75) is 19.5 Å². The second-order valence-corrected chi connectivity index (χ2v) is 3.86. The predicted octanol–water partition coefficient (Wildman–Crippen LogP) is 1.59. The van der Waals surface area contributed by atoms with Gasteiger partial charge in [-0.1, -0.05) is 0 Å². The SMILES string of the molecule is CC(NCc1ccc(C#N)cn1)c1ncccn1. The first-order valence-electron chi connectivity index (χ1n) is 5.65. The molecule has 5 heteroatoms. The van der Waals surface area contributed by atoms with Crippen molar-refractivity contribution in [1.82, 2.24) is 20.3 Å². The monoisotopic (exact) mass is 239 g/mol. The third-order valence-corrected chi connectivity index (χ3v) is 2.52. The summed E-state index contributed by atoms with van der Waals surface area (Å²) in [6.45, 7) is 2.62. The molecule has 2 heterocycles. The number of rotatable bonds is 4. The summed E-state index contributed by atoms with van der Waals surface area (Å²) in [6, 6.07) is 7.49. The van der Waals surface area contributed by atoms with E-state index in [4.69, 9.17) is 5.26 Å². The first-order chi connectivity index (χ1) is 8.79. The van der Waals surface area contributed by atoms with Crippen molar-refractivity contribution < 1.29 is 0 Å². The Morgan fingerprint density at radius 1 is 1.28 bits per heavy atom. The minimum absolute atomic E-state index is 0.0589. The van der Waals surface area contributed by atoms with Crippen LogP contribution in [0.1, 0.15) is 30.0 Å². The fourth-order valence-electron chi connectivity index (χ4n) is 1.48. The van der Waals surface area contributed by atoms with E-state index in [-0.39, 0.29) is 6.04 Å². The Labute approximate surface area is 106 Å². The van der Waals surface area contributed by atoms with Crippen molar-refractivity contribution in [2.75, 3.05) is 0 Å². The lowest BCUT2D eigenvalue weighted by Crippen LogP contribution is -2.20. The van der Waals surface area contributed by atoms with Gasteiger partial charge in [0.1, 0.15) is 11.9 Å². The third-order valence-electron chi connectivity index (χ3n) is 2.52. The van der Waals surface area contributed by atoms with Gasteiger partial charge < -0.3 is 5.32 Å². The molecule has 90 valence electrons. The van der Waals surface area contributed by atoms with Gasteiger partial charge in [-0.2, -0.15) is 5.26 Å². The zero-order chi connectivity index (χ0) is 12.8. The zero-order valence-electron chi connectivity index (χ0n) is 10.0. The molecule has 2 rings (SSSR count). The number of nitrogens with one attached hydrogen (secondary N) is 1. The van der Waals surface area contributed by atoms with Crippen LogP contribution < -0.4 is 5.32 Å². The van der Waals surface area contributed by atoms with E-state index < -0.39 is 0 Å². The maximum atomic E-state index is 8.67. The highest BCUT2D eigenvalue weighted by Crippen LogP contribution is 2.06. The summed E-state index contributed by atoms with van der Waals surface area (Å²) < 4.78 is 0. The van der Waals surface area contributed by atoms with Crippen LogP contribution in [0.15, 0.2) is 36.8 Å². The van der Waals surface area contributed by atoms with Crippen LogP contribution >= 0.6 is 0 Å². The zero-order valence-corrected chi connectivity index (χ0v) is 10.0. The quantitative estimate of drug-likeness (QED) is 0.877. The van der Waals surface area contributed by atoms with E-state index >= 15 is 0 Å². The molecule has 18 heavy (non-hydrogen) atoms. The highest BCUT2D eigenvalue weighted by molar-refractivity contribution is 5.26. The molecule has 0 amide bonds. The second-order valence-electron chi connectivity index (χ2n) is 3.86. The van der Waals surface area contributed by atoms with Crippen LogP contribution in [0.5, 0.6) is 0 Å². The molecular formula is C13H13N5. The van der Waals surface area contributed by atoms with Crippen LogP contribution in [0.4, 0.5) is 0 Å². The molecule has 0 aliphatic rings. The largest absolute Gasteiger partial charge is 0.302 e. The van der Waals surface area contributed by atoms with Gasteiger partial charge in [0.2, 0.25) is 0 Å². The lowest BCUT2D eigenvalue weighted by atomic mass is 10.2. The van der Waals surface area contributed by atoms with Gasteiger partial charge in [0.25, 0.3) is 0 Å². The van der Waals surface area contributed by atoms with Crippen LogP contribution in [0.3, 0.4) is 0 Å². The van der Waals surface area contributed by atoms with Crippen molar-refractivity contribution in [3.63, 3.8) is 0 Å². The number of pyridine rings is 1. The maximum absolute atomic E-state index is 8.67. The predicted molar refractivity (Wildman–Crippen MR) is 66.2 cm³/mol. The normalized spacial score (nSPS) is 11.8. The van der Waals surface area contributed by atoms with Gasteiger partial charge >= 0.3 is 0 Å². The lowest BCUT2D eigenvalue weighted by molar-refractivity contribution is 0.540. The van der Waals surface area contributed by atoms with Crippen LogP contribution in [-0.4, -0.2) is 15.0 Å². The van der Waals surface area contributed by atoms with Crippen LogP contribution in [0.2, 0.25) is 0 Å². The summed E-state index contributed by atoms with van der Waals surface area (Å²) in [7, 11) is 0. The standard InChI is InChI=1S/C13H13N5/c1-10(13-15-5-2-6-16-13)17-9-12-4-3-11(7-14)8-18-12/h2-6,8,10,17H,9H2,1H3. The van der Waals surface area contributed by atoms with E-state index in [1.165, 1.54) is 0 Å². The number of nitriles is 1. The van der Waals surface area contributed by atoms with Gasteiger partial charge in [0.05, 0.1) is 17.3 Å². The molecule has 0 radical (unpaired) electrons. The molecule has 1 unspecified atom stereocenters. The van der Waals surface area contributed by atoms with Crippen molar-refractivity contribution in [1.29, 1.82) is 5.26 Å². The Morgan fingerprint density at radius 2 is 2.06 bits per heavy atom. The van der Waals surface area contributed by atoms with Crippen molar-refractivity contribution in [2.24, 2.45) is 0 Å². The summed E-state index contributed by atoms with van der Waals surface area (Å²) in [6.07, 6.45) is 5.02. The third kappa shape index (κ3) is 3.09. The van der Waals surface area contributed by atoms with E-state index in [1.54, 1.807) is 30.7 Å². The highest BCUT2D eigenvalue weighted by Gasteiger charge is 2.07. The van der Waals surface area contributed by atoms with Gasteiger partial charge in [-0.25, -0.2) is 9.97 Å². The second kappa shape index (κ2) is 5.84. The molecular weight excluding hydrogens is 226 g/mol. The number of nitrogens with zero attached hydrogens (tertiary/aromatic N) is 4.